The van der Waals surface area contributed by atoms with Crippen molar-refractivity contribution in [3.8, 4) is 18.4 Å². The van der Waals surface area contributed by atoms with Gasteiger partial charge in [-0.3, -0.25) is 4.79 Å². The zero-order chi connectivity index (χ0) is 15.3. The Labute approximate surface area is 115 Å². The van der Waals surface area contributed by atoms with Crippen molar-refractivity contribution < 1.29 is 22.7 Å². The van der Waals surface area contributed by atoms with E-state index in [0.29, 0.717) is 4.31 Å². The van der Waals surface area contributed by atoms with Crippen LogP contribution in [-0.2, 0) is 14.8 Å². The molecule has 0 spiro atoms. The first-order valence-electron chi connectivity index (χ1n) is 5.18. The molecule has 1 N–H and O–H groups in total. The fourth-order valence-electron chi connectivity index (χ4n) is 1.45. The van der Waals surface area contributed by atoms with Gasteiger partial charge in [0.2, 0.25) is 10.0 Å². The Morgan fingerprint density at radius 3 is 2.65 bits per heavy atom. The molecule has 0 saturated carbocycles. The standard InChI is InChI=1S/C12H9FN2O4S/c1-2-6-15(8-12(16)17)20(18,19)11-5-3-4-10(13)9(11)7-14/h1,3-5H,6,8H2,(H,16,17). The molecule has 0 saturated heterocycles. The molecule has 0 aliphatic rings. The predicted octanol–water partition coefficient (Wildman–Crippen LogP) is 0.406. The van der Waals surface area contributed by atoms with Crippen molar-refractivity contribution in [3.05, 3.63) is 29.6 Å². The number of benzene rings is 1. The smallest absolute Gasteiger partial charge is 0.318 e. The molecular weight excluding hydrogens is 287 g/mol. The van der Waals surface area contributed by atoms with Gasteiger partial charge in [-0.25, -0.2) is 12.8 Å². The number of hydrogen-bond donors (Lipinski definition) is 1. The summed E-state index contributed by atoms with van der Waals surface area (Å²) in [5.74, 6) is -0.420. The molecule has 0 unspecified atom stereocenters. The maximum Gasteiger partial charge on any atom is 0.318 e. The molecular formula is C12H9FN2O4S. The van der Waals surface area contributed by atoms with Crippen LogP contribution in [0.25, 0.3) is 0 Å². The molecule has 0 fully saturated rings. The number of hydrogen-bond acceptors (Lipinski definition) is 4. The van der Waals surface area contributed by atoms with Crippen molar-refractivity contribution in [2.24, 2.45) is 0 Å². The first-order chi connectivity index (χ1) is 9.34. The lowest BCUT2D eigenvalue weighted by molar-refractivity contribution is -0.137. The first-order valence-corrected chi connectivity index (χ1v) is 6.62. The summed E-state index contributed by atoms with van der Waals surface area (Å²) in [6.07, 6.45) is 4.99. The lowest BCUT2D eigenvalue weighted by Gasteiger charge is -2.18. The highest BCUT2D eigenvalue weighted by atomic mass is 32.2. The van der Waals surface area contributed by atoms with Crippen molar-refractivity contribution in [1.29, 1.82) is 5.26 Å². The average molecular weight is 296 g/mol. The Hall–Kier alpha value is -2.42. The van der Waals surface area contributed by atoms with Crippen LogP contribution in [0.2, 0.25) is 0 Å². The van der Waals surface area contributed by atoms with E-state index in [9.17, 15) is 17.6 Å². The molecule has 0 amide bonds. The van der Waals surface area contributed by atoms with E-state index in [-0.39, 0.29) is 0 Å². The van der Waals surface area contributed by atoms with Crippen LogP contribution < -0.4 is 0 Å². The number of carboxylic acids is 1. The van der Waals surface area contributed by atoms with E-state index in [1.54, 1.807) is 0 Å². The Morgan fingerprint density at radius 1 is 1.50 bits per heavy atom. The van der Waals surface area contributed by atoms with E-state index in [1.165, 1.54) is 6.07 Å². The third-order valence-electron chi connectivity index (χ3n) is 2.28. The van der Waals surface area contributed by atoms with Crippen LogP contribution in [0, 0.1) is 29.5 Å². The molecule has 0 radical (unpaired) electrons. The number of aliphatic carboxylic acids is 1. The Kier molecular flexibility index (Phi) is 4.81. The number of sulfonamides is 1. The number of carboxylic acid groups (broad SMARTS) is 1. The number of nitriles is 1. The van der Waals surface area contributed by atoms with E-state index < -0.39 is 45.4 Å². The van der Waals surface area contributed by atoms with Crippen LogP contribution >= 0.6 is 0 Å². The second kappa shape index (κ2) is 6.15. The quantitative estimate of drug-likeness (QED) is 0.793. The van der Waals surface area contributed by atoms with E-state index in [1.807, 2.05) is 5.92 Å². The molecule has 0 atom stereocenters. The summed E-state index contributed by atoms with van der Waals surface area (Å²) in [5.41, 5.74) is -0.681. The Balaban J connectivity index is 3.42. The van der Waals surface area contributed by atoms with Crippen molar-refractivity contribution in [2.75, 3.05) is 13.1 Å². The van der Waals surface area contributed by atoms with Gasteiger partial charge in [0.15, 0.2) is 0 Å². The van der Waals surface area contributed by atoms with E-state index >= 15 is 0 Å². The summed E-state index contributed by atoms with van der Waals surface area (Å²) in [6.45, 7) is -1.38. The molecule has 8 heteroatoms. The van der Waals surface area contributed by atoms with Gasteiger partial charge in [-0.05, 0) is 12.1 Å². The van der Waals surface area contributed by atoms with Gasteiger partial charge < -0.3 is 5.11 Å². The topological polar surface area (TPSA) is 98.5 Å². The van der Waals surface area contributed by atoms with Crippen LogP contribution in [0.1, 0.15) is 5.56 Å². The SMILES string of the molecule is C#CCN(CC(=O)O)S(=O)(=O)c1cccc(F)c1C#N. The summed E-state index contributed by atoms with van der Waals surface area (Å²) >= 11 is 0. The number of nitrogens with zero attached hydrogens (tertiary/aromatic N) is 2. The van der Waals surface area contributed by atoms with Gasteiger partial charge in [-0.1, -0.05) is 12.0 Å². The highest BCUT2D eigenvalue weighted by molar-refractivity contribution is 7.89. The molecule has 0 heterocycles. The summed E-state index contributed by atoms with van der Waals surface area (Å²) in [4.78, 5) is 10.1. The van der Waals surface area contributed by atoms with Gasteiger partial charge in [-0.15, -0.1) is 6.42 Å². The van der Waals surface area contributed by atoms with Gasteiger partial charge in [0.1, 0.15) is 28.9 Å². The maximum absolute atomic E-state index is 13.4. The van der Waals surface area contributed by atoms with Crippen LogP contribution in [0.15, 0.2) is 23.1 Å². The second-order valence-corrected chi connectivity index (χ2v) is 5.50. The minimum Gasteiger partial charge on any atom is -0.480 e. The number of terminal acetylenes is 1. The third kappa shape index (κ3) is 3.12. The molecule has 1 aromatic carbocycles. The van der Waals surface area contributed by atoms with Crippen molar-refractivity contribution in [1.82, 2.24) is 4.31 Å². The Bertz CT molecular complexity index is 716. The number of halogens is 1. The van der Waals surface area contributed by atoms with Crippen molar-refractivity contribution in [2.45, 2.75) is 4.90 Å². The lowest BCUT2D eigenvalue weighted by atomic mass is 10.2. The summed E-state index contributed by atoms with van der Waals surface area (Å²) in [7, 11) is -4.38. The predicted molar refractivity (Wildman–Crippen MR) is 66.3 cm³/mol. The molecule has 104 valence electrons. The monoisotopic (exact) mass is 296 g/mol. The lowest BCUT2D eigenvalue weighted by Crippen LogP contribution is -2.36. The van der Waals surface area contributed by atoms with Crippen LogP contribution in [-0.4, -0.2) is 36.9 Å². The van der Waals surface area contributed by atoms with E-state index in [2.05, 4.69) is 0 Å². The molecule has 0 aliphatic heterocycles. The highest BCUT2D eigenvalue weighted by Gasteiger charge is 2.29. The Morgan fingerprint density at radius 2 is 2.15 bits per heavy atom. The van der Waals surface area contributed by atoms with Crippen molar-refractivity contribution in [3.63, 3.8) is 0 Å². The highest BCUT2D eigenvalue weighted by Crippen LogP contribution is 2.21. The summed E-state index contributed by atoms with van der Waals surface area (Å²) in [6, 6.07) is 4.50. The molecule has 0 bridgehead atoms. The number of carbonyl (C=O) groups is 1. The minimum atomic E-state index is -4.38. The second-order valence-electron chi connectivity index (χ2n) is 3.60. The van der Waals surface area contributed by atoms with Gasteiger partial charge in [-0.2, -0.15) is 9.57 Å². The zero-order valence-electron chi connectivity index (χ0n) is 10.1. The van der Waals surface area contributed by atoms with E-state index in [4.69, 9.17) is 16.8 Å². The molecule has 1 aromatic rings. The molecule has 6 nitrogen and oxygen atoms in total. The normalized spacial score (nSPS) is 10.8. The van der Waals surface area contributed by atoms with Crippen LogP contribution in [0.5, 0.6) is 0 Å². The third-order valence-corrected chi connectivity index (χ3v) is 4.12. The zero-order valence-corrected chi connectivity index (χ0v) is 10.9. The van der Waals surface area contributed by atoms with Gasteiger partial charge in [0.05, 0.1) is 6.54 Å². The largest absolute Gasteiger partial charge is 0.480 e. The van der Waals surface area contributed by atoms with Crippen LogP contribution in [0.3, 0.4) is 0 Å². The first kappa shape index (κ1) is 15.6. The van der Waals surface area contributed by atoms with Crippen LogP contribution in [0.4, 0.5) is 4.39 Å². The minimum absolute atomic E-state index is 0.477. The molecule has 1 rings (SSSR count). The fraction of sp³-hybridized carbons (Fsp3) is 0.167. The summed E-state index contributed by atoms with van der Waals surface area (Å²) in [5, 5.41) is 17.5. The maximum atomic E-state index is 13.4. The fourth-order valence-corrected chi connectivity index (χ4v) is 2.90. The van der Waals surface area contributed by atoms with Crippen molar-refractivity contribution >= 4 is 16.0 Å². The number of rotatable bonds is 5. The van der Waals surface area contributed by atoms with Gasteiger partial charge >= 0.3 is 5.97 Å². The summed E-state index contributed by atoms with van der Waals surface area (Å²) < 4.78 is 38.4. The van der Waals surface area contributed by atoms with E-state index in [0.717, 1.165) is 18.2 Å². The van der Waals surface area contributed by atoms with Gasteiger partial charge in [0, 0.05) is 0 Å². The molecule has 0 aliphatic carbocycles. The van der Waals surface area contributed by atoms with Gasteiger partial charge in [0.25, 0.3) is 0 Å². The molecule has 0 aromatic heterocycles. The average Bonchev–Trinajstić information content (AvgIpc) is 2.37. The molecule has 20 heavy (non-hydrogen) atoms.